The highest BCUT2D eigenvalue weighted by molar-refractivity contribution is 9.12. The molecule has 1 heterocycles. The van der Waals surface area contributed by atoms with Crippen LogP contribution in [0.5, 0.6) is 0 Å². The van der Waals surface area contributed by atoms with E-state index in [0.29, 0.717) is 0 Å². The number of thiophene rings is 1. The van der Waals surface area contributed by atoms with Crippen LogP contribution in [0.4, 0.5) is 0 Å². The summed E-state index contributed by atoms with van der Waals surface area (Å²) in [7, 11) is 0. The molecule has 2 rings (SSSR count). The van der Waals surface area contributed by atoms with Crippen LogP contribution in [0.2, 0.25) is 0 Å². The second-order valence-electron chi connectivity index (χ2n) is 4.18. The molecule has 96 valence electrons. The summed E-state index contributed by atoms with van der Waals surface area (Å²) in [6, 6.07) is 10.1. The van der Waals surface area contributed by atoms with Crippen molar-refractivity contribution in [2.24, 2.45) is 0 Å². The van der Waals surface area contributed by atoms with E-state index in [1.54, 1.807) is 11.3 Å². The van der Waals surface area contributed by atoms with Crippen LogP contribution in [0.1, 0.15) is 36.1 Å². The molecule has 2 aromatic rings. The molecular formula is C14H14Br2OS. The second kappa shape index (κ2) is 6.33. The highest BCUT2D eigenvalue weighted by Crippen LogP contribution is 2.37. The summed E-state index contributed by atoms with van der Waals surface area (Å²) in [6.07, 6.45) is 1.60. The summed E-state index contributed by atoms with van der Waals surface area (Å²) < 4.78 is 2.00. The quantitative estimate of drug-likeness (QED) is 0.751. The molecule has 0 saturated heterocycles. The first-order chi connectivity index (χ1) is 8.61. The average Bonchev–Trinajstić information content (AvgIpc) is 2.68. The molecule has 4 heteroatoms. The standard InChI is InChI=1S/C14H14Br2OS/c1-2-4-9-5-3-6-10(7-9)13(17)11-8-12(15)18-14(11)16/h3,5-8,13,17H,2,4H2,1H3. The molecule has 1 N–H and O–H groups in total. The number of aryl methyl sites for hydroxylation is 1. The lowest BCUT2D eigenvalue weighted by atomic mass is 10.0. The lowest BCUT2D eigenvalue weighted by molar-refractivity contribution is 0.220. The largest absolute Gasteiger partial charge is 0.384 e. The summed E-state index contributed by atoms with van der Waals surface area (Å²) in [4.78, 5) is 0. The van der Waals surface area contributed by atoms with Gasteiger partial charge in [-0.1, -0.05) is 37.6 Å². The highest BCUT2D eigenvalue weighted by atomic mass is 79.9. The zero-order chi connectivity index (χ0) is 13.1. The van der Waals surface area contributed by atoms with Crippen LogP contribution in [0.25, 0.3) is 0 Å². The number of benzene rings is 1. The maximum Gasteiger partial charge on any atom is 0.106 e. The number of aliphatic hydroxyl groups excluding tert-OH is 1. The van der Waals surface area contributed by atoms with E-state index in [9.17, 15) is 5.11 Å². The number of aliphatic hydroxyl groups is 1. The van der Waals surface area contributed by atoms with Crippen LogP contribution in [0, 0.1) is 0 Å². The van der Waals surface area contributed by atoms with Gasteiger partial charge in [0.2, 0.25) is 0 Å². The predicted molar refractivity (Wildman–Crippen MR) is 84.2 cm³/mol. The molecule has 0 bridgehead atoms. The van der Waals surface area contributed by atoms with Crippen molar-refractivity contribution >= 4 is 43.2 Å². The SMILES string of the molecule is CCCc1cccc(C(O)c2cc(Br)sc2Br)c1. The maximum atomic E-state index is 10.4. The number of hydrogen-bond donors (Lipinski definition) is 1. The van der Waals surface area contributed by atoms with Crippen molar-refractivity contribution in [3.05, 3.63) is 54.6 Å². The minimum absolute atomic E-state index is 0.571. The third-order valence-electron chi connectivity index (χ3n) is 2.78. The average molecular weight is 390 g/mol. The topological polar surface area (TPSA) is 20.2 Å². The summed E-state index contributed by atoms with van der Waals surface area (Å²) >= 11 is 8.51. The van der Waals surface area contributed by atoms with Gasteiger partial charge in [-0.15, -0.1) is 11.3 Å². The van der Waals surface area contributed by atoms with E-state index in [2.05, 4.69) is 50.9 Å². The zero-order valence-electron chi connectivity index (χ0n) is 9.99. The Bertz CT molecular complexity index is 536. The molecule has 1 unspecified atom stereocenters. The smallest absolute Gasteiger partial charge is 0.106 e. The van der Waals surface area contributed by atoms with Gasteiger partial charge in [-0.05, 0) is 55.5 Å². The Hall–Kier alpha value is -0.160. The lowest BCUT2D eigenvalue weighted by Gasteiger charge is -2.11. The summed E-state index contributed by atoms with van der Waals surface area (Å²) in [5.41, 5.74) is 3.15. The van der Waals surface area contributed by atoms with E-state index in [1.165, 1.54) is 5.56 Å². The van der Waals surface area contributed by atoms with Crippen molar-refractivity contribution in [2.75, 3.05) is 0 Å². The van der Waals surface area contributed by atoms with E-state index in [4.69, 9.17) is 0 Å². The molecule has 0 aliphatic carbocycles. The molecule has 18 heavy (non-hydrogen) atoms. The van der Waals surface area contributed by atoms with Gasteiger partial charge in [-0.3, -0.25) is 0 Å². The summed E-state index contributed by atoms with van der Waals surface area (Å²) in [5.74, 6) is 0. The lowest BCUT2D eigenvalue weighted by Crippen LogP contribution is -1.99. The van der Waals surface area contributed by atoms with Crippen LogP contribution >= 0.6 is 43.2 Å². The fourth-order valence-electron chi connectivity index (χ4n) is 1.93. The Morgan fingerprint density at radius 1 is 1.28 bits per heavy atom. The fourth-order valence-corrected chi connectivity index (χ4v) is 4.81. The molecule has 0 saturated carbocycles. The Kier molecular flexibility index (Phi) is 5.01. The molecule has 0 radical (unpaired) electrons. The second-order valence-corrected chi connectivity index (χ2v) is 7.93. The first-order valence-electron chi connectivity index (χ1n) is 5.83. The van der Waals surface area contributed by atoms with Crippen LogP contribution in [0.3, 0.4) is 0 Å². The maximum absolute atomic E-state index is 10.4. The Labute approximate surface area is 128 Å². The van der Waals surface area contributed by atoms with Gasteiger partial charge in [-0.25, -0.2) is 0 Å². The Morgan fingerprint density at radius 2 is 2.06 bits per heavy atom. The first-order valence-corrected chi connectivity index (χ1v) is 8.23. The molecule has 1 nitrogen and oxygen atoms in total. The summed E-state index contributed by atoms with van der Waals surface area (Å²) in [5, 5.41) is 10.4. The third kappa shape index (κ3) is 3.23. The van der Waals surface area contributed by atoms with Crippen LogP contribution in [-0.2, 0) is 6.42 Å². The Morgan fingerprint density at radius 3 is 2.67 bits per heavy atom. The van der Waals surface area contributed by atoms with Crippen molar-refractivity contribution in [3.63, 3.8) is 0 Å². The van der Waals surface area contributed by atoms with E-state index in [0.717, 1.165) is 31.5 Å². The monoisotopic (exact) mass is 388 g/mol. The fraction of sp³-hybridized carbons (Fsp3) is 0.286. The van der Waals surface area contributed by atoms with E-state index in [1.807, 2.05) is 18.2 Å². The van der Waals surface area contributed by atoms with Gasteiger partial charge in [0.1, 0.15) is 6.10 Å². The van der Waals surface area contributed by atoms with Gasteiger partial charge in [-0.2, -0.15) is 0 Å². The van der Waals surface area contributed by atoms with Crippen LogP contribution < -0.4 is 0 Å². The first kappa shape index (κ1) is 14.3. The van der Waals surface area contributed by atoms with Crippen molar-refractivity contribution < 1.29 is 5.11 Å². The highest BCUT2D eigenvalue weighted by Gasteiger charge is 2.16. The molecule has 0 spiro atoms. The van der Waals surface area contributed by atoms with Gasteiger partial charge < -0.3 is 5.11 Å². The normalized spacial score (nSPS) is 12.7. The van der Waals surface area contributed by atoms with Crippen molar-refractivity contribution in [2.45, 2.75) is 25.9 Å². The van der Waals surface area contributed by atoms with Crippen LogP contribution in [0.15, 0.2) is 37.9 Å². The van der Waals surface area contributed by atoms with Crippen molar-refractivity contribution in [1.29, 1.82) is 0 Å². The van der Waals surface area contributed by atoms with Gasteiger partial charge in [0, 0.05) is 5.56 Å². The van der Waals surface area contributed by atoms with Crippen LogP contribution in [-0.4, -0.2) is 5.11 Å². The van der Waals surface area contributed by atoms with Gasteiger partial charge >= 0.3 is 0 Å². The minimum Gasteiger partial charge on any atom is -0.384 e. The molecule has 0 amide bonds. The Balaban J connectivity index is 2.30. The van der Waals surface area contributed by atoms with Gasteiger partial charge in [0.15, 0.2) is 0 Å². The summed E-state index contributed by atoms with van der Waals surface area (Å²) in [6.45, 7) is 2.16. The third-order valence-corrected chi connectivity index (χ3v) is 5.17. The van der Waals surface area contributed by atoms with Crippen molar-refractivity contribution in [1.82, 2.24) is 0 Å². The van der Waals surface area contributed by atoms with E-state index >= 15 is 0 Å². The number of rotatable bonds is 4. The molecule has 0 aliphatic heterocycles. The molecule has 1 aromatic carbocycles. The van der Waals surface area contributed by atoms with Crippen molar-refractivity contribution in [3.8, 4) is 0 Å². The molecule has 0 aliphatic rings. The molecule has 0 fully saturated rings. The van der Waals surface area contributed by atoms with Gasteiger partial charge in [0.25, 0.3) is 0 Å². The van der Waals surface area contributed by atoms with E-state index < -0.39 is 6.10 Å². The van der Waals surface area contributed by atoms with E-state index in [-0.39, 0.29) is 0 Å². The number of halogens is 2. The molecule has 1 aromatic heterocycles. The zero-order valence-corrected chi connectivity index (χ0v) is 14.0. The minimum atomic E-state index is -0.571. The molecule has 1 atom stereocenters. The molecular weight excluding hydrogens is 376 g/mol. The number of hydrogen-bond acceptors (Lipinski definition) is 2. The van der Waals surface area contributed by atoms with Gasteiger partial charge in [0.05, 0.1) is 7.57 Å². The predicted octanol–water partition coefficient (Wildman–Crippen LogP) is 5.31.